The molecule has 26 heavy (non-hydrogen) atoms. The van der Waals surface area contributed by atoms with Crippen LogP contribution in [0.25, 0.3) is 0 Å². The van der Waals surface area contributed by atoms with E-state index in [2.05, 4.69) is 81.3 Å². The number of rotatable bonds is 6. The van der Waals surface area contributed by atoms with Crippen molar-refractivity contribution in [2.75, 3.05) is 0 Å². The Morgan fingerprint density at radius 1 is 0.769 bits per heavy atom. The average molecular weight is 354 g/mol. The summed E-state index contributed by atoms with van der Waals surface area (Å²) in [7, 11) is 0. The molecular formula is C23H31NO2. The second-order valence-corrected chi connectivity index (χ2v) is 8.51. The minimum Gasteiger partial charge on any atom is -0.373 e. The molecule has 3 heteroatoms. The number of benzene rings is 2. The highest BCUT2D eigenvalue weighted by atomic mass is 16.7. The number of piperidine rings is 1. The minimum atomic E-state index is -0.0854. The molecule has 1 aliphatic heterocycles. The molecule has 0 saturated carbocycles. The van der Waals surface area contributed by atoms with Crippen LogP contribution < -0.4 is 0 Å². The predicted octanol–water partition coefficient (Wildman–Crippen LogP) is 5.36. The molecule has 1 heterocycles. The van der Waals surface area contributed by atoms with Crippen molar-refractivity contribution in [3.8, 4) is 0 Å². The van der Waals surface area contributed by atoms with Crippen LogP contribution in [0.5, 0.6) is 0 Å². The molecule has 0 spiro atoms. The quantitative estimate of drug-likeness (QED) is 0.698. The van der Waals surface area contributed by atoms with Crippen LogP contribution in [0.4, 0.5) is 0 Å². The lowest BCUT2D eigenvalue weighted by Crippen LogP contribution is -2.61. The molecule has 0 aromatic heterocycles. The fourth-order valence-corrected chi connectivity index (χ4v) is 4.14. The average Bonchev–Trinajstić information content (AvgIpc) is 2.60. The smallest absolute Gasteiger partial charge is 0.0936 e. The highest BCUT2D eigenvalue weighted by Crippen LogP contribution is 2.40. The Kier molecular flexibility index (Phi) is 5.81. The molecule has 0 N–H and O–H groups in total. The maximum atomic E-state index is 6.29. The Labute approximate surface area is 157 Å². The zero-order valence-electron chi connectivity index (χ0n) is 16.4. The Bertz CT molecular complexity index is 664. The normalized spacial score (nSPS) is 20.2. The molecule has 0 radical (unpaired) electrons. The lowest BCUT2D eigenvalue weighted by atomic mass is 9.80. The first-order chi connectivity index (χ1) is 12.4. The van der Waals surface area contributed by atoms with E-state index in [1.165, 1.54) is 11.1 Å². The lowest BCUT2D eigenvalue weighted by molar-refractivity contribution is -0.302. The van der Waals surface area contributed by atoms with Gasteiger partial charge in [-0.2, -0.15) is 5.06 Å². The molecule has 0 aliphatic carbocycles. The molecule has 1 saturated heterocycles. The molecule has 1 aliphatic rings. The van der Waals surface area contributed by atoms with Gasteiger partial charge < -0.3 is 4.74 Å². The van der Waals surface area contributed by atoms with E-state index in [1.54, 1.807) is 0 Å². The zero-order valence-corrected chi connectivity index (χ0v) is 16.4. The van der Waals surface area contributed by atoms with Gasteiger partial charge in [-0.1, -0.05) is 60.7 Å². The van der Waals surface area contributed by atoms with Gasteiger partial charge >= 0.3 is 0 Å². The van der Waals surface area contributed by atoms with Gasteiger partial charge in [-0.15, -0.1) is 0 Å². The Morgan fingerprint density at radius 3 is 1.73 bits per heavy atom. The second-order valence-electron chi connectivity index (χ2n) is 8.51. The summed E-state index contributed by atoms with van der Waals surface area (Å²) in [6.07, 6.45) is 2.15. The number of hydrogen-bond donors (Lipinski definition) is 0. The first kappa shape index (κ1) is 19.1. The van der Waals surface area contributed by atoms with Crippen molar-refractivity contribution >= 4 is 0 Å². The van der Waals surface area contributed by atoms with Crippen LogP contribution in [0.15, 0.2) is 60.7 Å². The number of hydroxylamine groups is 2. The van der Waals surface area contributed by atoms with E-state index in [1.807, 2.05) is 12.1 Å². The summed E-state index contributed by atoms with van der Waals surface area (Å²) < 4.78 is 6.27. The monoisotopic (exact) mass is 353 g/mol. The van der Waals surface area contributed by atoms with Crippen LogP contribution >= 0.6 is 0 Å². The molecule has 2 aromatic carbocycles. The van der Waals surface area contributed by atoms with E-state index < -0.39 is 0 Å². The van der Waals surface area contributed by atoms with Crippen molar-refractivity contribution in [3.63, 3.8) is 0 Å². The highest BCUT2D eigenvalue weighted by Gasteiger charge is 2.47. The lowest BCUT2D eigenvalue weighted by Gasteiger charge is -2.53. The van der Waals surface area contributed by atoms with E-state index in [-0.39, 0.29) is 17.2 Å². The van der Waals surface area contributed by atoms with Crippen molar-refractivity contribution in [1.82, 2.24) is 5.06 Å². The molecule has 0 atom stereocenters. The van der Waals surface area contributed by atoms with Gasteiger partial charge in [-0.3, -0.25) is 4.84 Å². The molecule has 0 unspecified atom stereocenters. The third-order valence-electron chi connectivity index (χ3n) is 5.09. The summed E-state index contributed by atoms with van der Waals surface area (Å²) in [4.78, 5) is 6.29. The third-order valence-corrected chi connectivity index (χ3v) is 5.09. The first-order valence-corrected chi connectivity index (χ1v) is 9.49. The van der Waals surface area contributed by atoms with Gasteiger partial charge in [0.15, 0.2) is 0 Å². The van der Waals surface area contributed by atoms with Crippen LogP contribution in [0.1, 0.15) is 51.7 Å². The topological polar surface area (TPSA) is 21.7 Å². The van der Waals surface area contributed by atoms with E-state index in [9.17, 15) is 0 Å². The van der Waals surface area contributed by atoms with Crippen molar-refractivity contribution in [3.05, 3.63) is 71.8 Å². The van der Waals surface area contributed by atoms with Crippen molar-refractivity contribution in [2.24, 2.45) is 0 Å². The molecule has 3 nitrogen and oxygen atoms in total. The summed E-state index contributed by atoms with van der Waals surface area (Å²) >= 11 is 0. The fraction of sp³-hybridized carbons (Fsp3) is 0.478. The van der Waals surface area contributed by atoms with E-state index in [4.69, 9.17) is 9.57 Å². The number of hydrogen-bond acceptors (Lipinski definition) is 3. The molecule has 0 bridgehead atoms. The van der Waals surface area contributed by atoms with Crippen LogP contribution in [-0.4, -0.2) is 22.2 Å². The van der Waals surface area contributed by atoms with E-state index >= 15 is 0 Å². The second kappa shape index (κ2) is 7.91. The van der Waals surface area contributed by atoms with Crippen molar-refractivity contribution < 1.29 is 9.57 Å². The predicted molar refractivity (Wildman–Crippen MR) is 105 cm³/mol. The summed E-state index contributed by atoms with van der Waals surface area (Å²) in [5.74, 6) is 0. The van der Waals surface area contributed by atoms with E-state index in [0.29, 0.717) is 13.2 Å². The van der Waals surface area contributed by atoms with Gasteiger partial charge in [0.1, 0.15) is 0 Å². The summed E-state index contributed by atoms with van der Waals surface area (Å²) in [5, 5.41) is 2.19. The fourth-order valence-electron chi connectivity index (χ4n) is 4.14. The van der Waals surface area contributed by atoms with Crippen LogP contribution in [0.2, 0.25) is 0 Å². The maximum Gasteiger partial charge on any atom is 0.0936 e. The highest BCUT2D eigenvalue weighted by molar-refractivity contribution is 5.14. The standard InChI is InChI=1S/C23H31NO2/c1-22(2)15-21(25-17-19-11-7-5-8-12-19)16-23(3,4)24(22)26-18-20-13-9-6-10-14-20/h5-14,21H,15-18H2,1-4H3. The molecule has 140 valence electrons. The third kappa shape index (κ3) is 4.73. The van der Waals surface area contributed by atoms with Crippen LogP contribution in [-0.2, 0) is 22.8 Å². The van der Waals surface area contributed by atoms with Gasteiger partial charge in [0.2, 0.25) is 0 Å². The van der Waals surface area contributed by atoms with E-state index in [0.717, 1.165) is 12.8 Å². The Hall–Kier alpha value is -1.68. The van der Waals surface area contributed by atoms with Gasteiger partial charge in [-0.05, 0) is 51.7 Å². The molecule has 3 rings (SSSR count). The van der Waals surface area contributed by atoms with Crippen molar-refractivity contribution in [2.45, 2.75) is 70.9 Å². The van der Waals surface area contributed by atoms with Gasteiger partial charge in [0.25, 0.3) is 0 Å². The summed E-state index contributed by atoms with van der Waals surface area (Å²) in [5.41, 5.74) is 2.25. The molecule has 1 fully saturated rings. The number of ether oxygens (including phenoxy) is 1. The van der Waals surface area contributed by atoms with Gasteiger partial charge in [0.05, 0.1) is 19.3 Å². The molecule has 2 aromatic rings. The van der Waals surface area contributed by atoms with Gasteiger partial charge in [0, 0.05) is 11.1 Å². The van der Waals surface area contributed by atoms with Crippen LogP contribution in [0.3, 0.4) is 0 Å². The largest absolute Gasteiger partial charge is 0.373 e. The van der Waals surface area contributed by atoms with Crippen LogP contribution in [0, 0.1) is 0 Å². The summed E-state index contributed by atoms with van der Waals surface area (Å²) in [6.45, 7) is 10.3. The van der Waals surface area contributed by atoms with Crippen molar-refractivity contribution in [1.29, 1.82) is 0 Å². The molecule has 0 amide bonds. The van der Waals surface area contributed by atoms with Gasteiger partial charge in [-0.25, -0.2) is 0 Å². The zero-order chi connectivity index (χ0) is 18.6. The Balaban J connectivity index is 1.62. The minimum absolute atomic E-state index is 0.0854. The Morgan fingerprint density at radius 2 is 1.23 bits per heavy atom. The molecular weight excluding hydrogens is 322 g/mol. The summed E-state index contributed by atoms with van der Waals surface area (Å²) in [6, 6.07) is 20.8. The number of nitrogens with zero attached hydrogens (tertiary/aromatic N) is 1. The maximum absolute atomic E-state index is 6.29. The first-order valence-electron chi connectivity index (χ1n) is 9.49. The SMILES string of the molecule is CC1(C)CC(OCc2ccccc2)CC(C)(C)N1OCc1ccccc1.